The third-order valence-corrected chi connectivity index (χ3v) is 5.07. The summed E-state index contributed by atoms with van der Waals surface area (Å²) in [7, 11) is 1.69. The Morgan fingerprint density at radius 1 is 1.00 bits per heavy atom. The highest BCUT2D eigenvalue weighted by Crippen LogP contribution is 2.29. The smallest absolute Gasteiger partial charge is 0.356 e. The van der Waals surface area contributed by atoms with Gasteiger partial charge in [-0.3, -0.25) is 4.99 Å². The van der Waals surface area contributed by atoms with E-state index in [1.807, 2.05) is 0 Å². The average molecular weight is 400 g/mol. The molecule has 1 heterocycles. The largest absolute Gasteiger partial charge is 0.416 e. The van der Waals surface area contributed by atoms with Crippen molar-refractivity contribution in [2.24, 2.45) is 4.99 Å². The quantitative estimate of drug-likeness (QED) is 0.401. The fraction of sp³-hybridized carbons (Fsp3) is 0.650. The first kappa shape index (κ1) is 22.5. The van der Waals surface area contributed by atoms with Gasteiger partial charge in [0.2, 0.25) is 0 Å². The number of benzene rings is 1. The van der Waals surface area contributed by atoms with Crippen LogP contribution in [0.2, 0.25) is 0 Å². The molecule has 0 unspecified atom stereocenters. The number of nitrogens with zero attached hydrogens (tertiary/aromatic N) is 3. The summed E-state index contributed by atoms with van der Waals surface area (Å²) in [6, 6.07) is 5.18. The fourth-order valence-corrected chi connectivity index (χ4v) is 3.21. The summed E-state index contributed by atoms with van der Waals surface area (Å²) < 4.78 is 37.8. The third kappa shape index (κ3) is 7.67. The van der Waals surface area contributed by atoms with Crippen LogP contribution in [0.1, 0.15) is 30.9 Å². The molecule has 0 spiro atoms. The van der Waals surface area contributed by atoms with E-state index in [0.29, 0.717) is 12.5 Å². The first-order valence-electron chi connectivity index (χ1n) is 9.97. The van der Waals surface area contributed by atoms with E-state index in [9.17, 15) is 13.2 Å². The highest BCUT2D eigenvalue weighted by molar-refractivity contribution is 5.79. The molecule has 1 aromatic carbocycles. The van der Waals surface area contributed by atoms with E-state index in [0.717, 1.165) is 76.4 Å². The van der Waals surface area contributed by atoms with Gasteiger partial charge in [-0.1, -0.05) is 19.1 Å². The molecule has 1 aliphatic rings. The van der Waals surface area contributed by atoms with Gasteiger partial charge in [0.25, 0.3) is 0 Å². The first-order valence-corrected chi connectivity index (χ1v) is 9.97. The molecule has 1 aromatic rings. The molecule has 158 valence electrons. The Bertz CT molecular complexity index is 593. The molecule has 0 atom stereocenters. The van der Waals surface area contributed by atoms with E-state index in [4.69, 9.17) is 0 Å². The van der Waals surface area contributed by atoms with Crippen molar-refractivity contribution in [2.75, 3.05) is 52.9 Å². The van der Waals surface area contributed by atoms with Crippen molar-refractivity contribution < 1.29 is 13.2 Å². The van der Waals surface area contributed by atoms with E-state index < -0.39 is 11.7 Å². The number of unbranched alkanes of at least 4 members (excludes halogenated alkanes) is 1. The minimum absolute atomic E-state index is 0.430. The number of aliphatic imine (C=N–C) groups is 1. The zero-order chi connectivity index (χ0) is 20.4. The lowest BCUT2D eigenvalue weighted by Gasteiger charge is -2.34. The predicted molar refractivity (Wildman–Crippen MR) is 107 cm³/mol. The molecular formula is C20H32F3N5. The number of hydrogen-bond donors (Lipinski definition) is 2. The van der Waals surface area contributed by atoms with Crippen LogP contribution in [0, 0.1) is 0 Å². The number of piperazine rings is 1. The molecule has 28 heavy (non-hydrogen) atoms. The van der Waals surface area contributed by atoms with E-state index in [1.54, 1.807) is 7.05 Å². The van der Waals surface area contributed by atoms with Gasteiger partial charge in [-0.2, -0.15) is 13.2 Å². The van der Waals surface area contributed by atoms with Crippen LogP contribution in [0.15, 0.2) is 29.3 Å². The second-order valence-electron chi connectivity index (χ2n) is 7.03. The van der Waals surface area contributed by atoms with Crippen LogP contribution in [0.4, 0.5) is 13.2 Å². The number of halogens is 3. The van der Waals surface area contributed by atoms with Gasteiger partial charge in [0, 0.05) is 46.3 Å². The van der Waals surface area contributed by atoms with Crippen LogP contribution < -0.4 is 10.6 Å². The number of rotatable bonds is 8. The summed E-state index contributed by atoms with van der Waals surface area (Å²) in [5, 5.41) is 6.40. The molecule has 8 heteroatoms. The summed E-state index contributed by atoms with van der Waals surface area (Å²) in [5.41, 5.74) is 0.150. The minimum Gasteiger partial charge on any atom is -0.356 e. The van der Waals surface area contributed by atoms with Gasteiger partial charge in [0.1, 0.15) is 0 Å². The van der Waals surface area contributed by atoms with Crippen LogP contribution in [0.25, 0.3) is 0 Å². The zero-order valence-electron chi connectivity index (χ0n) is 16.9. The van der Waals surface area contributed by atoms with Gasteiger partial charge in [0.15, 0.2) is 5.96 Å². The maximum absolute atomic E-state index is 12.6. The first-order chi connectivity index (χ1) is 13.4. The molecule has 0 aliphatic carbocycles. The Balaban J connectivity index is 1.60. The van der Waals surface area contributed by atoms with Gasteiger partial charge in [-0.15, -0.1) is 0 Å². The van der Waals surface area contributed by atoms with E-state index in [2.05, 4.69) is 32.3 Å². The Morgan fingerprint density at radius 3 is 2.21 bits per heavy atom. The van der Waals surface area contributed by atoms with Crippen molar-refractivity contribution in [3.05, 3.63) is 35.4 Å². The Hall–Kier alpha value is -1.80. The third-order valence-electron chi connectivity index (χ3n) is 5.07. The van der Waals surface area contributed by atoms with E-state index in [-0.39, 0.29) is 0 Å². The van der Waals surface area contributed by atoms with Crippen LogP contribution in [-0.2, 0) is 12.7 Å². The van der Waals surface area contributed by atoms with Crippen molar-refractivity contribution in [3.8, 4) is 0 Å². The standard InChI is InChI=1S/C20H32F3N5/c1-3-27-12-14-28(15-13-27)11-5-4-10-25-19(24-2)26-16-17-6-8-18(9-7-17)20(21,22)23/h6-9H,3-5,10-16H2,1-2H3,(H2,24,25,26). The van der Waals surface area contributed by atoms with Crippen molar-refractivity contribution in [3.63, 3.8) is 0 Å². The summed E-state index contributed by atoms with van der Waals surface area (Å²) in [4.78, 5) is 9.16. The maximum atomic E-state index is 12.6. The minimum atomic E-state index is -4.30. The van der Waals surface area contributed by atoms with Gasteiger partial charge >= 0.3 is 6.18 Å². The topological polar surface area (TPSA) is 42.9 Å². The molecule has 1 saturated heterocycles. The second kappa shape index (κ2) is 11.3. The summed E-state index contributed by atoms with van der Waals surface area (Å²) >= 11 is 0. The van der Waals surface area contributed by atoms with Gasteiger partial charge in [-0.25, -0.2) is 0 Å². The van der Waals surface area contributed by atoms with Crippen molar-refractivity contribution >= 4 is 5.96 Å². The monoisotopic (exact) mass is 399 g/mol. The predicted octanol–water partition coefficient (Wildman–Crippen LogP) is 2.79. The summed E-state index contributed by atoms with van der Waals surface area (Å²) in [5.74, 6) is 0.663. The molecule has 0 amide bonds. The lowest BCUT2D eigenvalue weighted by Crippen LogP contribution is -2.46. The lowest BCUT2D eigenvalue weighted by atomic mass is 10.1. The molecule has 0 saturated carbocycles. The molecule has 0 radical (unpaired) electrons. The van der Waals surface area contributed by atoms with Gasteiger partial charge in [0.05, 0.1) is 5.56 Å². The SMILES string of the molecule is CCN1CCN(CCCCNC(=NC)NCc2ccc(C(F)(F)F)cc2)CC1. The average Bonchev–Trinajstić information content (AvgIpc) is 2.70. The number of hydrogen-bond acceptors (Lipinski definition) is 3. The summed E-state index contributed by atoms with van der Waals surface area (Å²) in [6.07, 6.45) is -2.11. The van der Waals surface area contributed by atoms with Crippen molar-refractivity contribution in [1.82, 2.24) is 20.4 Å². The molecule has 1 fully saturated rings. The van der Waals surface area contributed by atoms with Crippen molar-refractivity contribution in [1.29, 1.82) is 0 Å². The highest BCUT2D eigenvalue weighted by Gasteiger charge is 2.29. The maximum Gasteiger partial charge on any atom is 0.416 e. The second-order valence-corrected chi connectivity index (χ2v) is 7.03. The Kier molecular flexibility index (Phi) is 9.05. The number of guanidine groups is 1. The van der Waals surface area contributed by atoms with Gasteiger partial charge < -0.3 is 20.4 Å². The van der Waals surface area contributed by atoms with Gasteiger partial charge in [-0.05, 0) is 43.6 Å². The molecule has 1 aliphatic heterocycles. The van der Waals surface area contributed by atoms with Crippen LogP contribution >= 0.6 is 0 Å². The molecular weight excluding hydrogens is 367 g/mol. The van der Waals surface area contributed by atoms with Crippen LogP contribution in [-0.4, -0.2) is 68.6 Å². The van der Waals surface area contributed by atoms with Crippen molar-refractivity contribution in [2.45, 2.75) is 32.5 Å². The molecule has 5 nitrogen and oxygen atoms in total. The Morgan fingerprint density at radius 2 is 1.64 bits per heavy atom. The number of nitrogens with one attached hydrogen (secondary N) is 2. The molecule has 2 N–H and O–H groups in total. The van der Waals surface area contributed by atoms with Crippen LogP contribution in [0.5, 0.6) is 0 Å². The normalized spacial score (nSPS) is 17.0. The molecule has 2 rings (SSSR count). The fourth-order valence-electron chi connectivity index (χ4n) is 3.21. The zero-order valence-corrected chi connectivity index (χ0v) is 16.9. The molecule has 0 bridgehead atoms. The van der Waals surface area contributed by atoms with E-state index >= 15 is 0 Å². The van der Waals surface area contributed by atoms with Crippen LogP contribution in [0.3, 0.4) is 0 Å². The summed E-state index contributed by atoms with van der Waals surface area (Å²) in [6.45, 7) is 10.3. The Labute approximate surface area is 166 Å². The highest BCUT2D eigenvalue weighted by atomic mass is 19.4. The van der Waals surface area contributed by atoms with E-state index in [1.165, 1.54) is 12.1 Å². The number of alkyl halides is 3. The lowest BCUT2D eigenvalue weighted by molar-refractivity contribution is -0.137. The molecule has 0 aromatic heterocycles. The number of likely N-dealkylation sites (N-methyl/N-ethyl adjacent to an activating group) is 1.